The van der Waals surface area contributed by atoms with Crippen molar-refractivity contribution in [3.63, 3.8) is 0 Å². The van der Waals surface area contributed by atoms with E-state index in [9.17, 15) is 9.90 Å². The Kier molecular flexibility index (Phi) is 4.28. The zero-order valence-electron chi connectivity index (χ0n) is 13.3. The highest BCUT2D eigenvalue weighted by molar-refractivity contribution is 5.86. The first-order valence-electron chi connectivity index (χ1n) is 7.49. The maximum absolute atomic E-state index is 11.8. The second-order valence-electron chi connectivity index (χ2n) is 7.00. The van der Waals surface area contributed by atoms with Crippen molar-refractivity contribution in [3.8, 4) is 0 Å². The lowest BCUT2D eigenvalue weighted by Gasteiger charge is -2.20. The number of carbonyl (C=O) groups excluding carboxylic acids is 1. The lowest BCUT2D eigenvalue weighted by molar-refractivity contribution is 0.0635. The molecule has 2 rings (SSSR count). The predicted molar refractivity (Wildman–Crippen MR) is 83.5 cm³/mol. The van der Waals surface area contributed by atoms with Crippen molar-refractivity contribution in [2.24, 2.45) is 0 Å². The lowest BCUT2D eigenvalue weighted by Crippen LogP contribution is -2.27. The molecule has 0 aliphatic heterocycles. The van der Waals surface area contributed by atoms with E-state index in [1.807, 2.05) is 45.9 Å². The predicted octanol–water partition coefficient (Wildman–Crippen LogP) is 3.80. The molecule has 4 nitrogen and oxygen atoms in total. The Balaban J connectivity index is 1.99. The first-order chi connectivity index (χ1) is 9.67. The van der Waals surface area contributed by atoms with Crippen molar-refractivity contribution < 1.29 is 14.6 Å². The molecule has 2 N–H and O–H groups in total. The quantitative estimate of drug-likeness (QED) is 0.887. The molecule has 1 aliphatic carbocycles. The number of benzene rings is 1. The minimum Gasteiger partial charge on any atom is -0.444 e. The summed E-state index contributed by atoms with van der Waals surface area (Å²) in [5, 5.41) is 12.7. The van der Waals surface area contributed by atoms with E-state index in [4.69, 9.17) is 4.74 Å². The lowest BCUT2D eigenvalue weighted by atomic mass is 10.0. The van der Waals surface area contributed by atoms with Crippen LogP contribution in [0, 0.1) is 6.92 Å². The van der Waals surface area contributed by atoms with Crippen LogP contribution in [0.2, 0.25) is 0 Å². The van der Waals surface area contributed by atoms with Crippen molar-refractivity contribution in [2.45, 2.75) is 64.6 Å². The zero-order chi connectivity index (χ0) is 15.7. The van der Waals surface area contributed by atoms with Crippen LogP contribution in [0.5, 0.6) is 0 Å². The molecule has 0 atom stereocenters. The number of hydrogen-bond donors (Lipinski definition) is 2. The molecule has 1 aromatic rings. The molecule has 0 aromatic heterocycles. The molecule has 1 aromatic carbocycles. The fraction of sp³-hybridized carbons (Fsp3) is 0.588. The molecule has 0 saturated heterocycles. The molecule has 1 fully saturated rings. The third-order valence-electron chi connectivity index (χ3n) is 3.64. The maximum Gasteiger partial charge on any atom is 0.412 e. The number of aliphatic hydroxyl groups is 1. The van der Waals surface area contributed by atoms with Gasteiger partial charge in [-0.25, -0.2) is 4.79 Å². The molecule has 0 bridgehead atoms. The van der Waals surface area contributed by atoms with Crippen LogP contribution >= 0.6 is 0 Å². The highest BCUT2D eigenvalue weighted by Crippen LogP contribution is 2.39. The molecular weight excluding hydrogens is 266 g/mol. The van der Waals surface area contributed by atoms with E-state index in [1.54, 1.807) is 0 Å². The van der Waals surface area contributed by atoms with Gasteiger partial charge < -0.3 is 9.84 Å². The van der Waals surface area contributed by atoms with Crippen molar-refractivity contribution >= 4 is 11.8 Å². The zero-order valence-corrected chi connectivity index (χ0v) is 13.3. The number of nitrogens with one attached hydrogen (secondary N) is 1. The minimum atomic E-state index is -0.509. The fourth-order valence-corrected chi connectivity index (χ4v) is 2.14. The number of anilines is 1. The van der Waals surface area contributed by atoms with Crippen molar-refractivity contribution in [1.29, 1.82) is 0 Å². The number of aryl methyl sites for hydroxylation is 2. The van der Waals surface area contributed by atoms with Crippen LogP contribution in [0.15, 0.2) is 18.2 Å². The van der Waals surface area contributed by atoms with Gasteiger partial charge in [-0.2, -0.15) is 0 Å². The second-order valence-corrected chi connectivity index (χ2v) is 7.00. The third-order valence-corrected chi connectivity index (χ3v) is 3.64. The number of ether oxygens (including phenoxy) is 1. The average molecular weight is 291 g/mol. The summed E-state index contributed by atoms with van der Waals surface area (Å²) in [6.07, 6.45) is 2.97. The second kappa shape index (κ2) is 5.68. The van der Waals surface area contributed by atoms with E-state index in [2.05, 4.69) is 5.32 Å². The summed E-state index contributed by atoms with van der Waals surface area (Å²) >= 11 is 0. The van der Waals surface area contributed by atoms with Crippen LogP contribution in [-0.4, -0.2) is 22.4 Å². The molecule has 1 aliphatic rings. The van der Waals surface area contributed by atoms with Crippen molar-refractivity contribution in [3.05, 3.63) is 29.3 Å². The topological polar surface area (TPSA) is 58.6 Å². The molecule has 0 spiro atoms. The normalized spacial score (nSPS) is 16.4. The van der Waals surface area contributed by atoms with Crippen LogP contribution in [0.25, 0.3) is 0 Å². The van der Waals surface area contributed by atoms with Crippen LogP contribution in [-0.2, 0) is 11.2 Å². The molecule has 116 valence electrons. The van der Waals surface area contributed by atoms with Gasteiger partial charge in [0.15, 0.2) is 0 Å². The average Bonchev–Trinajstić information content (AvgIpc) is 3.06. The molecule has 0 radical (unpaired) electrons. The van der Waals surface area contributed by atoms with Crippen molar-refractivity contribution in [2.75, 3.05) is 5.32 Å². The number of hydrogen-bond acceptors (Lipinski definition) is 3. The summed E-state index contributed by atoms with van der Waals surface area (Å²) in [6, 6.07) is 5.99. The highest BCUT2D eigenvalue weighted by atomic mass is 16.6. The van der Waals surface area contributed by atoms with Gasteiger partial charge in [0.05, 0.1) is 5.60 Å². The highest BCUT2D eigenvalue weighted by Gasteiger charge is 2.39. The van der Waals surface area contributed by atoms with Crippen LogP contribution < -0.4 is 5.32 Å². The van der Waals surface area contributed by atoms with Gasteiger partial charge in [0.25, 0.3) is 0 Å². The Morgan fingerprint density at radius 3 is 2.62 bits per heavy atom. The Bertz CT molecular complexity index is 527. The third kappa shape index (κ3) is 5.05. The minimum absolute atomic E-state index is 0.441. The monoisotopic (exact) mass is 291 g/mol. The standard InChI is InChI=1S/C17H25NO3/c1-12-5-6-13(7-8-17(20)9-10-17)11-14(12)18-15(19)21-16(2,3)4/h5-6,11,20H,7-10H2,1-4H3,(H,18,19). The van der Waals surface area contributed by atoms with Gasteiger partial charge in [-0.15, -0.1) is 0 Å². The van der Waals surface area contributed by atoms with Gasteiger partial charge >= 0.3 is 6.09 Å². The Hall–Kier alpha value is -1.55. The first kappa shape index (κ1) is 15.8. The molecule has 0 unspecified atom stereocenters. The van der Waals surface area contributed by atoms with E-state index in [-0.39, 0.29) is 0 Å². The molecule has 1 saturated carbocycles. The van der Waals surface area contributed by atoms with Crippen LogP contribution in [0.3, 0.4) is 0 Å². The van der Waals surface area contributed by atoms with E-state index in [1.165, 1.54) is 0 Å². The van der Waals surface area contributed by atoms with Crippen LogP contribution in [0.4, 0.5) is 10.5 Å². The van der Waals surface area contributed by atoms with Crippen LogP contribution in [0.1, 0.15) is 51.2 Å². The van der Waals surface area contributed by atoms with E-state index in [0.717, 1.165) is 42.5 Å². The Labute approximate surface area is 126 Å². The van der Waals surface area contributed by atoms with E-state index >= 15 is 0 Å². The summed E-state index contributed by atoms with van der Waals surface area (Å²) in [5.41, 5.74) is 1.93. The molecule has 1 amide bonds. The molecule has 0 heterocycles. The summed E-state index contributed by atoms with van der Waals surface area (Å²) in [4.78, 5) is 11.8. The number of carbonyl (C=O) groups is 1. The number of amides is 1. The number of rotatable bonds is 4. The van der Waals surface area contributed by atoms with Gasteiger partial charge in [-0.1, -0.05) is 12.1 Å². The maximum atomic E-state index is 11.8. The molecule has 21 heavy (non-hydrogen) atoms. The summed E-state index contributed by atoms with van der Waals surface area (Å²) in [5.74, 6) is 0. The van der Waals surface area contributed by atoms with E-state index < -0.39 is 17.3 Å². The molecular formula is C17H25NO3. The van der Waals surface area contributed by atoms with Gasteiger partial charge in [0.1, 0.15) is 5.60 Å². The fourth-order valence-electron chi connectivity index (χ4n) is 2.14. The molecule has 4 heteroatoms. The van der Waals surface area contributed by atoms with Gasteiger partial charge in [-0.05, 0) is 70.6 Å². The largest absolute Gasteiger partial charge is 0.444 e. The Morgan fingerprint density at radius 2 is 2.05 bits per heavy atom. The van der Waals surface area contributed by atoms with E-state index in [0.29, 0.717) is 0 Å². The SMILES string of the molecule is Cc1ccc(CCC2(O)CC2)cc1NC(=O)OC(C)(C)C. The Morgan fingerprint density at radius 1 is 1.38 bits per heavy atom. The van der Waals surface area contributed by atoms with Gasteiger partial charge in [0, 0.05) is 5.69 Å². The summed E-state index contributed by atoms with van der Waals surface area (Å²) < 4.78 is 5.27. The smallest absolute Gasteiger partial charge is 0.412 e. The summed E-state index contributed by atoms with van der Waals surface area (Å²) in [7, 11) is 0. The van der Waals surface area contributed by atoms with Gasteiger partial charge in [0.2, 0.25) is 0 Å². The van der Waals surface area contributed by atoms with Gasteiger partial charge in [-0.3, -0.25) is 5.32 Å². The first-order valence-corrected chi connectivity index (χ1v) is 7.49. The van der Waals surface area contributed by atoms with Crippen molar-refractivity contribution in [1.82, 2.24) is 0 Å². The summed E-state index contributed by atoms with van der Waals surface area (Å²) in [6.45, 7) is 7.47.